The topological polar surface area (TPSA) is 33.3 Å². The third-order valence-corrected chi connectivity index (χ3v) is 4.43. The molecule has 104 valence electrons. The van der Waals surface area contributed by atoms with E-state index in [0.29, 0.717) is 5.75 Å². The Morgan fingerprint density at radius 3 is 2.60 bits per heavy atom. The van der Waals surface area contributed by atoms with Gasteiger partial charge in [-0.05, 0) is 24.3 Å². The van der Waals surface area contributed by atoms with Gasteiger partial charge in [0.25, 0.3) is 5.01 Å². The fourth-order valence-electron chi connectivity index (χ4n) is 2.17. The first kappa shape index (κ1) is 14.6. The molecule has 0 aliphatic rings. The van der Waals surface area contributed by atoms with E-state index in [0.717, 1.165) is 10.6 Å². The quantitative estimate of drug-likeness (QED) is 0.682. The molecule has 3 rings (SSSR count). The number of aryl methyl sites for hydroxylation is 1. The van der Waals surface area contributed by atoms with Crippen LogP contribution in [0.3, 0.4) is 0 Å². The second-order valence-corrected chi connectivity index (χ2v) is 5.35. The Labute approximate surface area is 127 Å². The van der Waals surface area contributed by atoms with E-state index in [1.165, 1.54) is 10.2 Å². The summed E-state index contributed by atoms with van der Waals surface area (Å²) < 4.78 is 8.57. The monoisotopic (exact) mass is 307 g/mol. The summed E-state index contributed by atoms with van der Waals surface area (Å²) >= 11 is 1.73. The van der Waals surface area contributed by atoms with Crippen LogP contribution in [0.1, 0.15) is 0 Å². The molecule has 0 spiro atoms. The molecule has 0 atom stereocenters. The minimum Gasteiger partial charge on any atom is -1.00 e. The van der Waals surface area contributed by atoms with E-state index in [9.17, 15) is 5.11 Å². The van der Waals surface area contributed by atoms with Crippen LogP contribution in [0, 0.1) is 0 Å². The van der Waals surface area contributed by atoms with E-state index in [2.05, 4.69) is 16.7 Å². The van der Waals surface area contributed by atoms with E-state index in [4.69, 9.17) is 4.74 Å². The van der Waals surface area contributed by atoms with Crippen molar-refractivity contribution in [2.75, 3.05) is 7.11 Å². The Hall–Kier alpha value is -1.78. The standard InChI is InChI=1S/C15H13NO2S.ClH/c1-16-11-5-3-4-6-14(11)19-15(16)10-7-8-12(17)13(9-10)18-2;/h3-9H,1-2H3;1H. The maximum absolute atomic E-state index is 9.66. The second kappa shape index (κ2) is 5.69. The molecule has 0 saturated carbocycles. The average Bonchev–Trinajstić information content (AvgIpc) is 2.77. The summed E-state index contributed by atoms with van der Waals surface area (Å²) in [6.45, 7) is 0. The summed E-state index contributed by atoms with van der Waals surface area (Å²) in [4.78, 5) is 0. The maximum Gasteiger partial charge on any atom is 0.269 e. The smallest absolute Gasteiger partial charge is 0.269 e. The molecule has 0 bridgehead atoms. The van der Waals surface area contributed by atoms with Gasteiger partial charge in [0.15, 0.2) is 11.5 Å². The van der Waals surface area contributed by atoms with Crippen molar-refractivity contribution in [3.63, 3.8) is 0 Å². The molecule has 0 amide bonds. The molecular formula is C15H14ClNO2S. The van der Waals surface area contributed by atoms with Crippen molar-refractivity contribution >= 4 is 21.6 Å². The molecule has 0 aliphatic heterocycles. The Morgan fingerprint density at radius 2 is 1.90 bits per heavy atom. The van der Waals surface area contributed by atoms with Crippen molar-refractivity contribution in [2.24, 2.45) is 7.05 Å². The zero-order valence-electron chi connectivity index (χ0n) is 11.1. The molecule has 20 heavy (non-hydrogen) atoms. The number of ether oxygens (including phenoxy) is 1. The maximum atomic E-state index is 9.66. The number of fused-ring (bicyclic) bond motifs is 1. The SMILES string of the molecule is COc1cc(-c2sc3ccccc3[n+]2C)ccc1O.[Cl-]. The van der Waals surface area contributed by atoms with Gasteiger partial charge in [-0.3, -0.25) is 0 Å². The lowest BCUT2D eigenvalue weighted by molar-refractivity contribution is -0.629. The van der Waals surface area contributed by atoms with Crippen LogP contribution in [0.5, 0.6) is 11.5 Å². The van der Waals surface area contributed by atoms with Gasteiger partial charge < -0.3 is 22.3 Å². The lowest BCUT2D eigenvalue weighted by Gasteiger charge is -2.03. The highest BCUT2D eigenvalue weighted by Crippen LogP contribution is 2.34. The van der Waals surface area contributed by atoms with Gasteiger partial charge in [-0.2, -0.15) is 4.57 Å². The summed E-state index contributed by atoms with van der Waals surface area (Å²) in [7, 11) is 3.61. The minimum absolute atomic E-state index is 0. The summed E-state index contributed by atoms with van der Waals surface area (Å²) in [5.74, 6) is 0.657. The number of phenols is 1. The second-order valence-electron chi connectivity index (χ2n) is 4.32. The van der Waals surface area contributed by atoms with Crippen LogP contribution in [-0.4, -0.2) is 12.2 Å². The van der Waals surface area contributed by atoms with Crippen LogP contribution in [0.25, 0.3) is 20.8 Å². The van der Waals surface area contributed by atoms with Gasteiger partial charge in [0, 0.05) is 6.07 Å². The zero-order valence-corrected chi connectivity index (χ0v) is 12.7. The number of thiazole rings is 1. The molecule has 0 saturated heterocycles. The first-order valence-corrected chi connectivity index (χ1v) is 6.77. The number of aromatic hydroxyl groups is 1. The van der Waals surface area contributed by atoms with Crippen molar-refractivity contribution in [1.82, 2.24) is 0 Å². The molecule has 5 heteroatoms. The van der Waals surface area contributed by atoms with E-state index in [1.807, 2.05) is 31.3 Å². The van der Waals surface area contributed by atoms with Gasteiger partial charge in [0.2, 0.25) is 5.52 Å². The van der Waals surface area contributed by atoms with Crippen LogP contribution in [-0.2, 0) is 7.05 Å². The predicted octanol–water partition coefficient (Wildman–Crippen LogP) is 0.111. The molecule has 3 nitrogen and oxygen atoms in total. The number of hydrogen-bond donors (Lipinski definition) is 1. The highest BCUT2D eigenvalue weighted by Gasteiger charge is 2.19. The van der Waals surface area contributed by atoms with E-state index < -0.39 is 0 Å². The van der Waals surface area contributed by atoms with Crippen LogP contribution < -0.4 is 21.7 Å². The van der Waals surface area contributed by atoms with Crippen molar-refractivity contribution in [3.8, 4) is 22.1 Å². The average molecular weight is 308 g/mol. The van der Waals surface area contributed by atoms with Crippen LogP contribution in [0.15, 0.2) is 42.5 Å². The highest BCUT2D eigenvalue weighted by atomic mass is 35.5. The van der Waals surface area contributed by atoms with Gasteiger partial charge in [-0.25, -0.2) is 0 Å². The van der Waals surface area contributed by atoms with Crippen LogP contribution in [0.4, 0.5) is 0 Å². The van der Waals surface area contributed by atoms with E-state index in [-0.39, 0.29) is 18.2 Å². The number of aromatic nitrogens is 1. The van der Waals surface area contributed by atoms with Crippen molar-refractivity contribution in [2.45, 2.75) is 0 Å². The van der Waals surface area contributed by atoms with Crippen molar-refractivity contribution in [1.29, 1.82) is 0 Å². The molecule has 1 heterocycles. The fourth-order valence-corrected chi connectivity index (χ4v) is 3.31. The van der Waals surface area contributed by atoms with Crippen LogP contribution in [0.2, 0.25) is 0 Å². The Bertz CT molecular complexity index is 755. The number of nitrogens with zero attached hydrogens (tertiary/aromatic N) is 1. The summed E-state index contributed by atoms with van der Waals surface area (Å²) in [5.41, 5.74) is 2.24. The third kappa shape index (κ3) is 2.32. The largest absolute Gasteiger partial charge is 1.00 e. The highest BCUT2D eigenvalue weighted by molar-refractivity contribution is 7.21. The van der Waals surface area contributed by atoms with Gasteiger partial charge in [0.05, 0.1) is 12.7 Å². The van der Waals surface area contributed by atoms with Crippen molar-refractivity contribution < 1.29 is 26.8 Å². The summed E-state index contributed by atoms with van der Waals surface area (Å²) in [6, 6.07) is 13.7. The molecule has 0 fully saturated rings. The lowest BCUT2D eigenvalue weighted by atomic mass is 10.2. The number of rotatable bonds is 2. The number of benzene rings is 2. The number of halogens is 1. The van der Waals surface area contributed by atoms with Gasteiger partial charge >= 0.3 is 0 Å². The number of para-hydroxylation sites is 1. The molecule has 1 aromatic heterocycles. The first-order valence-electron chi connectivity index (χ1n) is 5.95. The van der Waals surface area contributed by atoms with Gasteiger partial charge in [-0.15, -0.1) is 0 Å². The Kier molecular flexibility index (Phi) is 4.16. The minimum atomic E-state index is 0. The third-order valence-electron chi connectivity index (χ3n) is 3.16. The summed E-state index contributed by atoms with van der Waals surface area (Å²) in [6.07, 6.45) is 0. The zero-order chi connectivity index (χ0) is 13.4. The Morgan fingerprint density at radius 1 is 1.15 bits per heavy atom. The lowest BCUT2D eigenvalue weighted by Crippen LogP contribution is -3.00. The van der Waals surface area contributed by atoms with Gasteiger partial charge in [-0.1, -0.05) is 23.5 Å². The van der Waals surface area contributed by atoms with E-state index in [1.54, 1.807) is 24.5 Å². The summed E-state index contributed by atoms with van der Waals surface area (Å²) in [5, 5.41) is 10.8. The molecule has 0 aliphatic carbocycles. The Balaban J connectivity index is 0.00000147. The van der Waals surface area contributed by atoms with E-state index >= 15 is 0 Å². The fraction of sp³-hybridized carbons (Fsp3) is 0.133. The molecule has 2 aromatic carbocycles. The molecule has 3 aromatic rings. The number of phenolic OH excluding ortho intramolecular Hbond substituents is 1. The molecule has 0 unspecified atom stereocenters. The van der Waals surface area contributed by atoms with Gasteiger partial charge in [0.1, 0.15) is 11.7 Å². The predicted molar refractivity (Wildman–Crippen MR) is 76.7 cm³/mol. The van der Waals surface area contributed by atoms with Crippen molar-refractivity contribution in [3.05, 3.63) is 42.5 Å². The number of methoxy groups -OCH3 is 1. The normalized spacial score (nSPS) is 10.3. The number of hydrogen-bond acceptors (Lipinski definition) is 3. The van der Waals surface area contributed by atoms with Crippen LogP contribution >= 0.6 is 11.3 Å². The molecule has 0 radical (unpaired) electrons. The molecular weight excluding hydrogens is 294 g/mol. The first-order chi connectivity index (χ1) is 9.20. The molecule has 1 N–H and O–H groups in total.